The Bertz CT molecular complexity index is 955. The maximum absolute atomic E-state index is 12.1. The van der Waals surface area contributed by atoms with Gasteiger partial charge in [0.15, 0.2) is 11.5 Å². The normalized spacial score (nSPS) is 12.0. The number of carbonyl (C=O) groups excluding carboxylic acids is 1. The molecule has 0 fully saturated rings. The van der Waals surface area contributed by atoms with Crippen LogP contribution >= 0.6 is 0 Å². The highest BCUT2D eigenvalue weighted by Gasteiger charge is 2.16. The van der Waals surface area contributed by atoms with E-state index in [-0.39, 0.29) is 19.2 Å². The molecule has 0 spiro atoms. The molecule has 9 nitrogen and oxygen atoms in total. The van der Waals surface area contributed by atoms with E-state index in [1.807, 2.05) is 30.3 Å². The fourth-order valence-electron chi connectivity index (χ4n) is 2.59. The van der Waals surface area contributed by atoms with E-state index in [0.717, 1.165) is 16.9 Å². The standard InChI is InChI=1S/C18H17N5O4/c1-25-14-5-2-12(3-6-14)9-19-17(24)10-23-21-18(20-22-23)13-4-7-15-16(8-13)27-11-26-15/h2-8H,9-11H2,1H3,(H,19,24). The first-order valence-corrected chi connectivity index (χ1v) is 8.29. The summed E-state index contributed by atoms with van der Waals surface area (Å²) in [6, 6.07) is 12.9. The molecule has 1 aliphatic heterocycles. The number of ether oxygens (including phenoxy) is 3. The Labute approximate surface area is 154 Å². The molecule has 4 rings (SSSR count). The predicted molar refractivity (Wildman–Crippen MR) is 94.2 cm³/mol. The summed E-state index contributed by atoms with van der Waals surface area (Å²) in [4.78, 5) is 13.4. The zero-order valence-electron chi connectivity index (χ0n) is 14.6. The van der Waals surface area contributed by atoms with Crippen molar-refractivity contribution in [1.29, 1.82) is 0 Å². The Balaban J connectivity index is 1.35. The second-order valence-corrected chi connectivity index (χ2v) is 5.84. The van der Waals surface area contributed by atoms with Gasteiger partial charge in [0.1, 0.15) is 12.3 Å². The monoisotopic (exact) mass is 367 g/mol. The lowest BCUT2D eigenvalue weighted by atomic mass is 10.2. The molecule has 0 bridgehead atoms. The summed E-state index contributed by atoms with van der Waals surface area (Å²) in [5.41, 5.74) is 1.71. The van der Waals surface area contributed by atoms with Gasteiger partial charge in [-0.05, 0) is 41.1 Å². The smallest absolute Gasteiger partial charge is 0.243 e. The van der Waals surface area contributed by atoms with Crippen molar-refractivity contribution < 1.29 is 19.0 Å². The number of hydrogen-bond acceptors (Lipinski definition) is 7. The van der Waals surface area contributed by atoms with E-state index < -0.39 is 0 Å². The highest BCUT2D eigenvalue weighted by atomic mass is 16.7. The van der Waals surface area contributed by atoms with Gasteiger partial charge in [-0.3, -0.25) is 4.79 Å². The molecule has 0 saturated carbocycles. The van der Waals surface area contributed by atoms with E-state index in [0.29, 0.717) is 23.9 Å². The molecule has 27 heavy (non-hydrogen) atoms. The van der Waals surface area contributed by atoms with Gasteiger partial charge in [0.25, 0.3) is 0 Å². The molecule has 138 valence electrons. The van der Waals surface area contributed by atoms with Crippen LogP contribution in [0.4, 0.5) is 0 Å². The van der Waals surface area contributed by atoms with Crippen molar-refractivity contribution >= 4 is 5.91 Å². The minimum atomic E-state index is -0.208. The van der Waals surface area contributed by atoms with Crippen LogP contribution in [-0.4, -0.2) is 40.0 Å². The van der Waals surface area contributed by atoms with Crippen LogP contribution in [0.3, 0.4) is 0 Å². The van der Waals surface area contributed by atoms with E-state index in [4.69, 9.17) is 14.2 Å². The molecule has 0 saturated heterocycles. The van der Waals surface area contributed by atoms with Crippen molar-refractivity contribution in [2.75, 3.05) is 13.9 Å². The van der Waals surface area contributed by atoms with Crippen LogP contribution in [0.5, 0.6) is 17.2 Å². The van der Waals surface area contributed by atoms with Gasteiger partial charge in [-0.1, -0.05) is 12.1 Å². The topological polar surface area (TPSA) is 100 Å². The molecule has 0 radical (unpaired) electrons. The van der Waals surface area contributed by atoms with E-state index in [9.17, 15) is 4.79 Å². The minimum absolute atomic E-state index is 0.0201. The number of hydrogen-bond donors (Lipinski definition) is 1. The molecule has 0 unspecified atom stereocenters. The molecular weight excluding hydrogens is 350 g/mol. The number of nitrogens with zero attached hydrogens (tertiary/aromatic N) is 4. The lowest BCUT2D eigenvalue weighted by molar-refractivity contribution is -0.122. The van der Waals surface area contributed by atoms with Gasteiger partial charge in [-0.25, -0.2) is 0 Å². The zero-order chi connectivity index (χ0) is 18.6. The average molecular weight is 367 g/mol. The summed E-state index contributed by atoms with van der Waals surface area (Å²) < 4.78 is 15.7. The molecule has 1 N–H and O–H groups in total. The van der Waals surface area contributed by atoms with E-state index >= 15 is 0 Å². The van der Waals surface area contributed by atoms with E-state index in [1.54, 1.807) is 19.2 Å². The summed E-state index contributed by atoms with van der Waals surface area (Å²) in [5, 5.41) is 15.0. The number of nitrogens with one attached hydrogen (secondary N) is 1. The molecule has 1 aliphatic rings. The van der Waals surface area contributed by atoms with Gasteiger partial charge in [-0.15, -0.1) is 10.2 Å². The van der Waals surface area contributed by atoms with Crippen molar-refractivity contribution in [2.24, 2.45) is 0 Å². The van der Waals surface area contributed by atoms with Crippen LogP contribution in [0.25, 0.3) is 11.4 Å². The highest BCUT2D eigenvalue weighted by molar-refractivity contribution is 5.75. The fraction of sp³-hybridized carbons (Fsp3) is 0.222. The van der Waals surface area contributed by atoms with Crippen LogP contribution < -0.4 is 19.5 Å². The number of methoxy groups -OCH3 is 1. The first-order chi connectivity index (χ1) is 13.2. The first-order valence-electron chi connectivity index (χ1n) is 8.29. The number of aromatic nitrogens is 4. The van der Waals surface area contributed by atoms with E-state index in [1.165, 1.54) is 4.80 Å². The molecule has 1 aromatic heterocycles. The molecule has 9 heteroatoms. The highest BCUT2D eigenvalue weighted by Crippen LogP contribution is 2.34. The lowest BCUT2D eigenvalue weighted by Gasteiger charge is -2.05. The van der Waals surface area contributed by atoms with Gasteiger partial charge < -0.3 is 19.5 Å². The quantitative estimate of drug-likeness (QED) is 0.703. The van der Waals surface area contributed by atoms with Crippen molar-refractivity contribution in [3.63, 3.8) is 0 Å². The molecular formula is C18H17N5O4. The minimum Gasteiger partial charge on any atom is -0.497 e. The number of carbonyl (C=O) groups is 1. The van der Waals surface area contributed by atoms with Crippen LogP contribution in [0.2, 0.25) is 0 Å². The largest absolute Gasteiger partial charge is 0.497 e. The molecule has 3 aromatic rings. The lowest BCUT2D eigenvalue weighted by Crippen LogP contribution is -2.28. The third kappa shape index (κ3) is 3.81. The van der Waals surface area contributed by atoms with E-state index in [2.05, 4.69) is 20.7 Å². The van der Waals surface area contributed by atoms with Gasteiger partial charge in [0.05, 0.1) is 7.11 Å². The molecule has 1 amide bonds. The van der Waals surface area contributed by atoms with Gasteiger partial charge in [0.2, 0.25) is 18.5 Å². The third-order valence-electron chi connectivity index (χ3n) is 4.02. The zero-order valence-corrected chi connectivity index (χ0v) is 14.6. The van der Waals surface area contributed by atoms with Crippen molar-refractivity contribution in [2.45, 2.75) is 13.1 Å². The molecule has 2 heterocycles. The molecule has 2 aromatic carbocycles. The third-order valence-corrected chi connectivity index (χ3v) is 4.02. The van der Waals surface area contributed by atoms with Crippen molar-refractivity contribution in [3.8, 4) is 28.6 Å². The van der Waals surface area contributed by atoms with Gasteiger partial charge >= 0.3 is 0 Å². The Morgan fingerprint density at radius 2 is 2.00 bits per heavy atom. The molecule has 0 aliphatic carbocycles. The number of benzene rings is 2. The van der Waals surface area contributed by atoms with Crippen LogP contribution in [0, 0.1) is 0 Å². The van der Waals surface area contributed by atoms with Crippen molar-refractivity contribution in [1.82, 2.24) is 25.5 Å². The SMILES string of the molecule is COc1ccc(CNC(=O)Cn2nnc(-c3ccc4c(c3)OCO4)n2)cc1. The predicted octanol–water partition coefficient (Wildman–Crippen LogP) is 1.39. The second-order valence-electron chi connectivity index (χ2n) is 5.84. The second kappa shape index (κ2) is 7.32. The number of fused-ring (bicyclic) bond motifs is 1. The Morgan fingerprint density at radius 3 is 2.81 bits per heavy atom. The van der Waals surface area contributed by atoms with Crippen LogP contribution in [0.15, 0.2) is 42.5 Å². The number of amides is 1. The van der Waals surface area contributed by atoms with Crippen LogP contribution in [0.1, 0.15) is 5.56 Å². The van der Waals surface area contributed by atoms with Crippen molar-refractivity contribution in [3.05, 3.63) is 48.0 Å². The van der Waals surface area contributed by atoms with Crippen LogP contribution in [-0.2, 0) is 17.9 Å². The number of rotatable bonds is 6. The summed E-state index contributed by atoms with van der Waals surface area (Å²) in [7, 11) is 1.61. The maximum Gasteiger partial charge on any atom is 0.243 e. The summed E-state index contributed by atoms with van der Waals surface area (Å²) in [5.74, 6) is 2.30. The Kier molecular flexibility index (Phi) is 4.56. The van der Waals surface area contributed by atoms with Gasteiger partial charge in [0, 0.05) is 12.1 Å². The number of tetrazole rings is 1. The Hall–Kier alpha value is -3.62. The maximum atomic E-state index is 12.1. The summed E-state index contributed by atoms with van der Waals surface area (Å²) >= 11 is 0. The average Bonchev–Trinajstić information content (AvgIpc) is 3.35. The van der Waals surface area contributed by atoms with Gasteiger partial charge in [-0.2, -0.15) is 4.80 Å². The summed E-state index contributed by atoms with van der Waals surface area (Å²) in [6.45, 7) is 0.591. The molecule has 0 atom stereocenters. The summed E-state index contributed by atoms with van der Waals surface area (Å²) in [6.07, 6.45) is 0. The fourth-order valence-corrected chi connectivity index (χ4v) is 2.59. The first kappa shape index (κ1) is 16.8. The Morgan fingerprint density at radius 1 is 1.19 bits per heavy atom.